The Morgan fingerprint density at radius 2 is 1.81 bits per heavy atom. The first-order valence-electron chi connectivity index (χ1n) is 8.56. The average Bonchev–Trinajstić information content (AvgIpc) is 2.71. The molecular weight excluding hydrogens is 262 g/mol. The van der Waals surface area contributed by atoms with Crippen LogP contribution in [-0.2, 0) is 12.8 Å². The second kappa shape index (κ2) is 5.24. The number of aromatic nitrogens is 2. The number of aryl methyl sites for hydroxylation is 1. The zero-order valence-electron chi connectivity index (χ0n) is 12.9. The molecule has 2 unspecified atom stereocenters. The van der Waals surface area contributed by atoms with Crippen LogP contribution >= 0.6 is 0 Å². The van der Waals surface area contributed by atoms with Crippen LogP contribution in [0.4, 0.5) is 0 Å². The summed E-state index contributed by atoms with van der Waals surface area (Å²) in [6, 6.07) is 1.38. The van der Waals surface area contributed by atoms with Crippen molar-refractivity contribution in [3.8, 4) is 0 Å². The van der Waals surface area contributed by atoms with Crippen molar-refractivity contribution in [1.29, 1.82) is 0 Å². The van der Waals surface area contributed by atoms with Crippen LogP contribution in [0.3, 0.4) is 0 Å². The molecule has 0 aromatic carbocycles. The van der Waals surface area contributed by atoms with E-state index in [-0.39, 0.29) is 5.56 Å². The number of piperidine rings is 1. The Bertz CT molecular complexity index is 580. The van der Waals surface area contributed by atoms with E-state index in [1.54, 1.807) is 0 Å². The zero-order valence-corrected chi connectivity index (χ0v) is 12.9. The molecule has 2 aliphatic heterocycles. The topological polar surface area (TPSA) is 49.0 Å². The lowest BCUT2D eigenvalue weighted by Crippen LogP contribution is -2.40. The molecule has 4 heteroatoms. The first-order chi connectivity index (χ1) is 10.2. The molecule has 1 N–H and O–H groups in total. The van der Waals surface area contributed by atoms with Gasteiger partial charge in [-0.15, -0.1) is 0 Å². The summed E-state index contributed by atoms with van der Waals surface area (Å²) < 4.78 is 0. The van der Waals surface area contributed by atoms with Gasteiger partial charge in [-0.2, -0.15) is 0 Å². The van der Waals surface area contributed by atoms with Gasteiger partial charge in [0.15, 0.2) is 0 Å². The summed E-state index contributed by atoms with van der Waals surface area (Å²) >= 11 is 0. The Morgan fingerprint density at radius 3 is 2.57 bits per heavy atom. The molecule has 0 saturated carbocycles. The molecule has 2 atom stereocenters. The molecule has 21 heavy (non-hydrogen) atoms. The van der Waals surface area contributed by atoms with Crippen molar-refractivity contribution in [3.05, 3.63) is 27.4 Å². The van der Waals surface area contributed by atoms with Gasteiger partial charge in [-0.1, -0.05) is 6.42 Å². The van der Waals surface area contributed by atoms with Gasteiger partial charge in [0, 0.05) is 23.6 Å². The Morgan fingerprint density at radius 1 is 1.10 bits per heavy atom. The highest BCUT2D eigenvalue weighted by atomic mass is 16.1. The van der Waals surface area contributed by atoms with E-state index in [1.807, 2.05) is 0 Å². The van der Waals surface area contributed by atoms with Crippen LogP contribution < -0.4 is 5.56 Å². The largest absolute Gasteiger partial charge is 0.310 e. The molecule has 3 aliphatic rings. The molecule has 3 heterocycles. The van der Waals surface area contributed by atoms with Crippen LogP contribution in [0, 0.1) is 0 Å². The molecule has 0 radical (unpaired) electrons. The maximum Gasteiger partial charge on any atom is 0.254 e. The Balaban J connectivity index is 1.66. The highest BCUT2D eigenvalue weighted by Crippen LogP contribution is 2.41. The van der Waals surface area contributed by atoms with E-state index in [9.17, 15) is 4.79 Å². The van der Waals surface area contributed by atoms with E-state index in [0.717, 1.165) is 49.2 Å². The number of H-pyrrole nitrogens is 1. The van der Waals surface area contributed by atoms with E-state index in [0.29, 0.717) is 18.0 Å². The molecule has 1 aromatic heterocycles. The van der Waals surface area contributed by atoms with Gasteiger partial charge in [0.1, 0.15) is 5.82 Å². The molecule has 1 aromatic rings. The standard InChI is InChI=1S/C17H25N3O/c1-20-12-7-8-13(20)10-11(9-12)16-18-15-6-4-2-3-5-14(15)17(21)19-16/h11-13H,2-10H2,1H3,(H,18,19,21). The minimum absolute atomic E-state index is 0.142. The molecule has 2 fully saturated rings. The summed E-state index contributed by atoms with van der Waals surface area (Å²) in [5.74, 6) is 1.44. The molecule has 0 amide bonds. The van der Waals surface area contributed by atoms with Crippen molar-refractivity contribution in [1.82, 2.24) is 14.9 Å². The third kappa shape index (κ3) is 2.33. The van der Waals surface area contributed by atoms with Gasteiger partial charge >= 0.3 is 0 Å². The second-order valence-corrected chi connectivity index (χ2v) is 7.16. The number of hydrogen-bond donors (Lipinski definition) is 1. The SMILES string of the molecule is CN1C2CCC1CC(c1nc3c(c(=O)[nH]1)CCCCC3)C2. The Hall–Kier alpha value is -1.16. The highest BCUT2D eigenvalue weighted by Gasteiger charge is 2.39. The lowest BCUT2D eigenvalue weighted by molar-refractivity contribution is 0.158. The smallest absolute Gasteiger partial charge is 0.254 e. The number of hydrogen-bond acceptors (Lipinski definition) is 3. The van der Waals surface area contributed by atoms with Crippen LogP contribution in [0.25, 0.3) is 0 Å². The van der Waals surface area contributed by atoms with Crippen molar-refractivity contribution in [2.75, 3.05) is 7.05 Å². The van der Waals surface area contributed by atoms with E-state index in [1.165, 1.54) is 25.7 Å². The fourth-order valence-electron chi connectivity index (χ4n) is 4.63. The van der Waals surface area contributed by atoms with Crippen LogP contribution in [0.1, 0.15) is 67.9 Å². The lowest BCUT2D eigenvalue weighted by atomic mass is 9.90. The first-order valence-corrected chi connectivity index (χ1v) is 8.56. The zero-order chi connectivity index (χ0) is 14.4. The van der Waals surface area contributed by atoms with Gasteiger partial charge in [0.2, 0.25) is 0 Å². The maximum atomic E-state index is 12.4. The van der Waals surface area contributed by atoms with Crippen molar-refractivity contribution < 1.29 is 0 Å². The van der Waals surface area contributed by atoms with E-state index >= 15 is 0 Å². The van der Waals surface area contributed by atoms with Gasteiger partial charge in [0.05, 0.1) is 5.69 Å². The lowest BCUT2D eigenvalue weighted by Gasteiger charge is -2.35. The van der Waals surface area contributed by atoms with Gasteiger partial charge < -0.3 is 9.88 Å². The fraction of sp³-hybridized carbons (Fsp3) is 0.765. The van der Waals surface area contributed by atoms with E-state index < -0.39 is 0 Å². The van der Waals surface area contributed by atoms with Gasteiger partial charge in [0.25, 0.3) is 5.56 Å². The first kappa shape index (κ1) is 13.5. The Labute approximate surface area is 126 Å². The van der Waals surface area contributed by atoms with E-state index in [4.69, 9.17) is 4.98 Å². The van der Waals surface area contributed by atoms with Gasteiger partial charge in [-0.3, -0.25) is 4.79 Å². The molecule has 4 rings (SSSR count). The van der Waals surface area contributed by atoms with Gasteiger partial charge in [-0.25, -0.2) is 4.98 Å². The minimum Gasteiger partial charge on any atom is -0.310 e. The summed E-state index contributed by atoms with van der Waals surface area (Å²) in [6.45, 7) is 0. The van der Waals surface area contributed by atoms with Crippen LogP contribution in [0.2, 0.25) is 0 Å². The third-order valence-corrected chi connectivity index (χ3v) is 5.94. The van der Waals surface area contributed by atoms with Crippen molar-refractivity contribution in [3.63, 3.8) is 0 Å². The summed E-state index contributed by atoms with van der Waals surface area (Å²) in [5.41, 5.74) is 2.20. The number of fused-ring (bicyclic) bond motifs is 3. The van der Waals surface area contributed by atoms with Crippen molar-refractivity contribution in [2.45, 2.75) is 75.8 Å². The van der Waals surface area contributed by atoms with Crippen LogP contribution in [0.15, 0.2) is 4.79 Å². The number of aromatic amines is 1. The summed E-state index contributed by atoms with van der Waals surface area (Å²) in [7, 11) is 2.26. The normalized spacial score (nSPS) is 32.7. The summed E-state index contributed by atoms with van der Waals surface area (Å²) in [5, 5.41) is 0. The quantitative estimate of drug-likeness (QED) is 0.807. The molecule has 2 saturated heterocycles. The fourth-order valence-corrected chi connectivity index (χ4v) is 4.63. The predicted octanol–water partition coefficient (Wildman–Crippen LogP) is 2.38. The van der Waals surface area contributed by atoms with Crippen molar-refractivity contribution >= 4 is 0 Å². The number of rotatable bonds is 1. The van der Waals surface area contributed by atoms with Crippen LogP contribution in [0.5, 0.6) is 0 Å². The van der Waals surface area contributed by atoms with Crippen molar-refractivity contribution in [2.24, 2.45) is 0 Å². The van der Waals surface area contributed by atoms with Gasteiger partial charge in [-0.05, 0) is 58.4 Å². The molecule has 1 aliphatic carbocycles. The number of nitrogens with one attached hydrogen (secondary N) is 1. The molecule has 0 spiro atoms. The molecular formula is C17H25N3O. The molecule has 4 nitrogen and oxygen atoms in total. The predicted molar refractivity (Wildman–Crippen MR) is 82.7 cm³/mol. The average molecular weight is 287 g/mol. The highest BCUT2D eigenvalue weighted by molar-refractivity contribution is 5.21. The maximum absolute atomic E-state index is 12.4. The number of nitrogens with zero attached hydrogens (tertiary/aromatic N) is 2. The molecule has 2 bridgehead atoms. The third-order valence-electron chi connectivity index (χ3n) is 5.94. The van der Waals surface area contributed by atoms with Crippen LogP contribution in [-0.4, -0.2) is 34.0 Å². The summed E-state index contributed by atoms with van der Waals surface area (Å²) in [4.78, 5) is 23.0. The second-order valence-electron chi connectivity index (χ2n) is 7.16. The Kier molecular flexibility index (Phi) is 3.37. The van der Waals surface area contributed by atoms with E-state index in [2.05, 4.69) is 16.9 Å². The monoisotopic (exact) mass is 287 g/mol. The minimum atomic E-state index is 0.142. The summed E-state index contributed by atoms with van der Waals surface area (Å²) in [6.07, 6.45) is 10.4. The molecule has 114 valence electrons.